The van der Waals surface area contributed by atoms with Gasteiger partial charge in [-0.3, -0.25) is 4.79 Å². The summed E-state index contributed by atoms with van der Waals surface area (Å²) in [6, 6.07) is 0. The summed E-state index contributed by atoms with van der Waals surface area (Å²) in [6.07, 6.45) is 0.144. The molecule has 5 nitrogen and oxygen atoms in total. The summed E-state index contributed by atoms with van der Waals surface area (Å²) in [4.78, 5) is 21.0. The molecule has 0 atom stereocenters. The molecule has 0 aliphatic carbocycles. The summed E-state index contributed by atoms with van der Waals surface area (Å²) >= 11 is 0. The Balaban J connectivity index is 4.53. The van der Waals surface area contributed by atoms with Crippen molar-refractivity contribution in [3.05, 3.63) is 0 Å². The van der Waals surface area contributed by atoms with E-state index in [9.17, 15) is 9.59 Å². The Morgan fingerprint density at radius 1 is 1.27 bits per heavy atom. The number of hydrogen-bond acceptors (Lipinski definition) is 5. The zero-order valence-corrected chi connectivity index (χ0v) is 5.86. The van der Waals surface area contributed by atoms with Gasteiger partial charge >= 0.3 is 0 Å². The third-order valence-electron chi connectivity index (χ3n) is 1.49. The van der Waals surface area contributed by atoms with E-state index in [0.29, 0.717) is 0 Å². The Kier molecular flexibility index (Phi) is 3.88. The Morgan fingerprint density at radius 3 is 1.82 bits per heavy atom. The van der Waals surface area contributed by atoms with Crippen molar-refractivity contribution in [2.75, 3.05) is 19.8 Å². The second-order valence-electron chi connectivity index (χ2n) is 2.17. The lowest BCUT2D eigenvalue weighted by Crippen LogP contribution is -2.41. The van der Waals surface area contributed by atoms with E-state index in [4.69, 9.17) is 15.3 Å². The Labute approximate surface area is 63.3 Å². The van der Waals surface area contributed by atoms with Crippen molar-refractivity contribution in [3.63, 3.8) is 0 Å². The number of aldehydes is 1. The highest BCUT2D eigenvalue weighted by atomic mass is 16.3. The average molecular weight is 162 g/mol. The van der Waals surface area contributed by atoms with Gasteiger partial charge in [0, 0.05) is 0 Å². The minimum absolute atomic E-state index is 0.144. The monoisotopic (exact) mass is 162 g/mol. The molecule has 0 bridgehead atoms. The zero-order chi connectivity index (χ0) is 8.91. The highest BCUT2D eigenvalue weighted by Gasteiger charge is 2.36. The first kappa shape index (κ1) is 10.2. The number of carbonyl (C=O) groups excluding carboxylic acids is 2. The van der Waals surface area contributed by atoms with Crippen LogP contribution >= 0.6 is 0 Å². The van der Waals surface area contributed by atoms with Crippen LogP contribution < -0.4 is 0 Å². The molecule has 0 amide bonds. The second kappa shape index (κ2) is 4.17. The van der Waals surface area contributed by atoms with Crippen LogP contribution in [0.15, 0.2) is 0 Å². The molecule has 11 heavy (non-hydrogen) atoms. The molecular formula is C6H10O5. The normalized spacial score (nSPS) is 11.2. The van der Waals surface area contributed by atoms with Gasteiger partial charge < -0.3 is 20.1 Å². The van der Waals surface area contributed by atoms with Gasteiger partial charge in [-0.2, -0.15) is 0 Å². The third kappa shape index (κ3) is 1.83. The summed E-state index contributed by atoms with van der Waals surface area (Å²) in [6.45, 7) is -2.43. The van der Waals surface area contributed by atoms with Crippen molar-refractivity contribution >= 4 is 12.1 Å². The minimum Gasteiger partial charge on any atom is -0.395 e. The van der Waals surface area contributed by atoms with E-state index < -0.39 is 31.0 Å². The zero-order valence-electron chi connectivity index (χ0n) is 5.86. The average Bonchev–Trinajstić information content (AvgIpc) is 2.08. The molecule has 5 heteroatoms. The van der Waals surface area contributed by atoms with Gasteiger partial charge in [0.05, 0.1) is 13.2 Å². The van der Waals surface area contributed by atoms with Crippen LogP contribution in [0.1, 0.15) is 0 Å². The van der Waals surface area contributed by atoms with Gasteiger partial charge in [0.15, 0.2) is 5.78 Å². The second-order valence-corrected chi connectivity index (χ2v) is 2.17. The van der Waals surface area contributed by atoms with Crippen LogP contribution in [-0.4, -0.2) is 47.2 Å². The van der Waals surface area contributed by atoms with Crippen LogP contribution in [0, 0.1) is 5.41 Å². The number of rotatable bonds is 5. The van der Waals surface area contributed by atoms with Gasteiger partial charge in [0.1, 0.15) is 18.3 Å². The van der Waals surface area contributed by atoms with Crippen molar-refractivity contribution in [1.29, 1.82) is 0 Å². The van der Waals surface area contributed by atoms with Gasteiger partial charge in [-0.15, -0.1) is 0 Å². The molecule has 0 aromatic rings. The van der Waals surface area contributed by atoms with E-state index in [0.717, 1.165) is 0 Å². The van der Waals surface area contributed by atoms with Gasteiger partial charge in [-0.25, -0.2) is 0 Å². The van der Waals surface area contributed by atoms with Crippen molar-refractivity contribution in [1.82, 2.24) is 0 Å². The largest absolute Gasteiger partial charge is 0.395 e. The standard InChI is InChI=1S/C6H10O5/c7-1-5(11)6(2-8,3-9)4-10/h2,7,9-10H,1,3-4H2. The van der Waals surface area contributed by atoms with Crippen LogP contribution in [0.3, 0.4) is 0 Å². The van der Waals surface area contributed by atoms with E-state index in [1.807, 2.05) is 0 Å². The summed E-state index contributed by atoms with van der Waals surface area (Å²) in [5.74, 6) is -0.877. The Bertz CT molecular complexity index is 149. The molecule has 0 fully saturated rings. The summed E-state index contributed by atoms with van der Waals surface area (Å²) < 4.78 is 0. The lowest BCUT2D eigenvalue weighted by atomic mass is 9.87. The highest BCUT2D eigenvalue weighted by molar-refractivity contribution is 5.99. The fourth-order valence-corrected chi connectivity index (χ4v) is 0.524. The number of carbonyl (C=O) groups is 2. The summed E-state index contributed by atoms with van der Waals surface area (Å²) in [5, 5.41) is 25.4. The molecule has 0 unspecified atom stereocenters. The van der Waals surface area contributed by atoms with Crippen molar-refractivity contribution in [2.24, 2.45) is 5.41 Å². The van der Waals surface area contributed by atoms with E-state index in [-0.39, 0.29) is 6.29 Å². The van der Waals surface area contributed by atoms with Crippen molar-refractivity contribution in [2.45, 2.75) is 0 Å². The van der Waals surface area contributed by atoms with Crippen molar-refractivity contribution in [3.8, 4) is 0 Å². The third-order valence-corrected chi connectivity index (χ3v) is 1.49. The lowest BCUT2D eigenvalue weighted by molar-refractivity contribution is -0.142. The van der Waals surface area contributed by atoms with Crippen LogP contribution in [0.5, 0.6) is 0 Å². The van der Waals surface area contributed by atoms with Gasteiger partial charge in [0.2, 0.25) is 0 Å². The minimum atomic E-state index is -1.82. The molecule has 0 rings (SSSR count). The van der Waals surface area contributed by atoms with E-state index in [1.54, 1.807) is 0 Å². The molecular weight excluding hydrogens is 152 g/mol. The van der Waals surface area contributed by atoms with E-state index in [1.165, 1.54) is 0 Å². The van der Waals surface area contributed by atoms with Crippen LogP contribution in [-0.2, 0) is 9.59 Å². The maximum Gasteiger partial charge on any atom is 0.176 e. The molecule has 0 heterocycles. The topological polar surface area (TPSA) is 94.8 Å². The highest BCUT2D eigenvalue weighted by Crippen LogP contribution is 2.12. The number of ketones is 1. The fraction of sp³-hybridized carbons (Fsp3) is 0.667. The quantitative estimate of drug-likeness (QED) is 0.312. The van der Waals surface area contributed by atoms with Crippen LogP contribution in [0.2, 0.25) is 0 Å². The molecule has 0 radical (unpaired) electrons. The first-order valence-electron chi connectivity index (χ1n) is 2.99. The maximum absolute atomic E-state index is 10.7. The SMILES string of the molecule is O=CC(CO)(CO)C(=O)CO. The first-order valence-corrected chi connectivity index (χ1v) is 2.99. The lowest BCUT2D eigenvalue weighted by Gasteiger charge is -2.19. The summed E-state index contributed by atoms with van der Waals surface area (Å²) in [7, 11) is 0. The number of aliphatic hydroxyl groups is 3. The molecule has 0 saturated carbocycles. The number of aliphatic hydroxyl groups excluding tert-OH is 3. The maximum atomic E-state index is 10.7. The summed E-state index contributed by atoms with van der Waals surface area (Å²) in [5.41, 5.74) is -1.82. The first-order chi connectivity index (χ1) is 5.16. The van der Waals surface area contributed by atoms with Crippen LogP contribution in [0.4, 0.5) is 0 Å². The number of Topliss-reactive ketones (excluding diaryl/α,β-unsaturated/α-hetero) is 1. The van der Waals surface area contributed by atoms with Gasteiger partial charge in [0.25, 0.3) is 0 Å². The predicted octanol–water partition coefficient (Wildman–Crippen LogP) is -2.28. The van der Waals surface area contributed by atoms with Crippen molar-refractivity contribution < 1.29 is 24.9 Å². The van der Waals surface area contributed by atoms with E-state index >= 15 is 0 Å². The molecule has 64 valence electrons. The van der Waals surface area contributed by atoms with Gasteiger partial charge in [-0.1, -0.05) is 0 Å². The molecule has 0 aromatic carbocycles. The molecule has 0 aliphatic heterocycles. The van der Waals surface area contributed by atoms with Crippen LogP contribution in [0.25, 0.3) is 0 Å². The smallest absolute Gasteiger partial charge is 0.176 e. The molecule has 0 saturated heterocycles. The number of hydrogen-bond donors (Lipinski definition) is 3. The van der Waals surface area contributed by atoms with Gasteiger partial charge in [-0.05, 0) is 0 Å². The molecule has 0 aliphatic rings. The Morgan fingerprint density at radius 2 is 1.73 bits per heavy atom. The molecule has 0 spiro atoms. The fourth-order valence-electron chi connectivity index (χ4n) is 0.524. The Hall–Kier alpha value is -0.780. The van der Waals surface area contributed by atoms with E-state index in [2.05, 4.69) is 0 Å². The molecule has 0 aromatic heterocycles. The molecule has 3 N–H and O–H groups in total. The predicted molar refractivity (Wildman–Crippen MR) is 34.8 cm³/mol.